The first-order chi connectivity index (χ1) is 9.35. The monoisotopic (exact) mass is 265 g/mol. The first kappa shape index (κ1) is 13.9. The smallest absolute Gasteiger partial charge is 0.0665 e. The molecule has 0 amide bonds. The Bertz CT molecular complexity index is 277. The van der Waals surface area contributed by atoms with Crippen molar-refractivity contribution in [3.05, 3.63) is 0 Å². The number of hydrogen-bond acceptors (Lipinski definition) is 2. The molecular formula is C17H31NO. The van der Waals surface area contributed by atoms with Gasteiger partial charge < -0.3 is 10.1 Å². The van der Waals surface area contributed by atoms with Gasteiger partial charge in [0.25, 0.3) is 0 Å². The van der Waals surface area contributed by atoms with E-state index in [4.69, 9.17) is 4.74 Å². The summed E-state index contributed by atoms with van der Waals surface area (Å²) in [5.41, 5.74) is 0.516. The van der Waals surface area contributed by atoms with E-state index in [1.807, 2.05) is 0 Å². The Hall–Kier alpha value is -0.0800. The molecule has 0 saturated heterocycles. The quantitative estimate of drug-likeness (QED) is 0.775. The van der Waals surface area contributed by atoms with Crippen molar-refractivity contribution in [2.45, 2.75) is 95.8 Å². The second-order valence-corrected chi connectivity index (χ2v) is 7.02. The molecule has 0 aliphatic heterocycles. The molecule has 2 heteroatoms. The third-order valence-corrected chi connectivity index (χ3v) is 5.93. The van der Waals surface area contributed by atoms with Crippen LogP contribution in [-0.4, -0.2) is 24.8 Å². The lowest BCUT2D eigenvalue weighted by Crippen LogP contribution is -2.63. The minimum absolute atomic E-state index is 0.516. The molecule has 2 nitrogen and oxygen atoms in total. The Morgan fingerprint density at radius 1 is 1.00 bits per heavy atom. The van der Waals surface area contributed by atoms with E-state index >= 15 is 0 Å². The molecule has 0 aromatic rings. The highest BCUT2D eigenvalue weighted by Crippen LogP contribution is 2.55. The Labute approximate surface area is 118 Å². The summed E-state index contributed by atoms with van der Waals surface area (Å²) in [5.74, 6) is 0. The standard InChI is InChI=1S/C17H31NO/c1-2-18-15-13-16(17(15)11-7-8-12-17)19-14-9-5-3-4-6-10-14/h14-16,18H,2-13H2,1H3. The molecule has 3 aliphatic carbocycles. The van der Waals surface area contributed by atoms with E-state index in [-0.39, 0.29) is 0 Å². The maximum atomic E-state index is 6.58. The molecular weight excluding hydrogens is 234 g/mol. The SMILES string of the molecule is CCNC1CC(OC2CCCCCC2)C12CCCC2. The first-order valence-electron chi connectivity index (χ1n) is 8.74. The predicted octanol–water partition coefficient (Wildman–Crippen LogP) is 4.04. The van der Waals surface area contributed by atoms with Crippen LogP contribution in [0, 0.1) is 5.41 Å². The predicted molar refractivity (Wildman–Crippen MR) is 79.3 cm³/mol. The molecule has 110 valence electrons. The second-order valence-electron chi connectivity index (χ2n) is 7.02. The zero-order chi connectivity index (χ0) is 13.1. The minimum Gasteiger partial charge on any atom is -0.374 e. The molecule has 0 bridgehead atoms. The van der Waals surface area contributed by atoms with Crippen LogP contribution in [0.3, 0.4) is 0 Å². The summed E-state index contributed by atoms with van der Waals surface area (Å²) in [6.45, 7) is 3.35. The van der Waals surface area contributed by atoms with Crippen LogP contribution >= 0.6 is 0 Å². The summed E-state index contributed by atoms with van der Waals surface area (Å²) in [5, 5.41) is 3.71. The summed E-state index contributed by atoms with van der Waals surface area (Å²) < 4.78 is 6.58. The summed E-state index contributed by atoms with van der Waals surface area (Å²) >= 11 is 0. The Morgan fingerprint density at radius 3 is 2.32 bits per heavy atom. The van der Waals surface area contributed by atoms with E-state index in [1.54, 1.807) is 0 Å². The van der Waals surface area contributed by atoms with Crippen LogP contribution in [0.2, 0.25) is 0 Å². The topological polar surface area (TPSA) is 21.3 Å². The first-order valence-corrected chi connectivity index (χ1v) is 8.74. The van der Waals surface area contributed by atoms with Crippen molar-refractivity contribution in [2.24, 2.45) is 5.41 Å². The Kier molecular flexibility index (Phi) is 4.48. The van der Waals surface area contributed by atoms with Gasteiger partial charge in [-0.1, -0.05) is 45.4 Å². The average molecular weight is 265 g/mol. The van der Waals surface area contributed by atoms with Crippen molar-refractivity contribution < 1.29 is 4.74 Å². The summed E-state index contributed by atoms with van der Waals surface area (Å²) in [7, 11) is 0. The van der Waals surface area contributed by atoms with Gasteiger partial charge in [0.2, 0.25) is 0 Å². The second kappa shape index (κ2) is 6.13. The molecule has 19 heavy (non-hydrogen) atoms. The molecule has 2 atom stereocenters. The molecule has 1 N–H and O–H groups in total. The molecule has 3 saturated carbocycles. The average Bonchev–Trinajstić information content (AvgIpc) is 2.81. The van der Waals surface area contributed by atoms with Crippen molar-refractivity contribution >= 4 is 0 Å². The van der Waals surface area contributed by atoms with Crippen LogP contribution in [0.1, 0.15) is 77.6 Å². The van der Waals surface area contributed by atoms with Crippen LogP contribution in [0.4, 0.5) is 0 Å². The summed E-state index contributed by atoms with van der Waals surface area (Å²) in [6, 6.07) is 0.746. The van der Waals surface area contributed by atoms with Gasteiger partial charge in [0.15, 0.2) is 0 Å². The normalized spacial score (nSPS) is 35.2. The fourth-order valence-corrected chi connectivity index (χ4v) is 4.79. The molecule has 3 fully saturated rings. The van der Waals surface area contributed by atoms with Gasteiger partial charge in [-0.25, -0.2) is 0 Å². The van der Waals surface area contributed by atoms with Crippen LogP contribution in [0.25, 0.3) is 0 Å². The number of rotatable bonds is 4. The van der Waals surface area contributed by atoms with Crippen LogP contribution in [0.5, 0.6) is 0 Å². The van der Waals surface area contributed by atoms with Gasteiger partial charge in [0.05, 0.1) is 12.2 Å². The van der Waals surface area contributed by atoms with E-state index in [0.717, 1.165) is 12.6 Å². The summed E-state index contributed by atoms with van der Waals surface area (Å²) in [6.07, 6.45) is 16.3. The lowest BCUT2D eigenvalue weighted by molar-refractivity contribution is -0.162. The van der Waals surface area contributed by atoms with Gasteiger partial charge in [-0.2, -0.15) is 0 Å². The maximum Gasteiger partial charge on any atom is 0.0665 e. The molecule has 2 unspecified atom stereocenters. The van der Waals surface area contributed by atoms with Gasteiger partial charge >= 0.3 is 0 Å². The minimum atomic E-state index is 0.516. The van der Waals surface area contributed by atoms with Crippen LogP contribution < -0.4 is 5.32 Å². The third-order valence-electron chi connectivity index (χ3n) is 5.93. The van der Waals surface area contributed by atoms with Crippen molar-refractivity contribution in [3.8, 4) is 0 Å². The van der Waals surface area contributed by atoms with Gasteiger partial charge in [-0.05, 0) is 38.6 Å². The number of hydrogen-bond donors (Lipinski definition) is 1. The van der Waals surface area contributed by atoms with Crippen molar-refractivity contribution in [1.29, 1.82) is 0 Å². The van der Waals surface area contributed by atoms with E-state index in [1.165, 1.54) is 70.6 Å². The van der Waals surface area contributed by atoms with Crippen molar-refractivity contribution in [2.75, 3.05) is 6.54 Å². The van der Waals surface area contributed by atoms with Gasteiger partial charge in [-0.3, -0.25) is 0 Å². The van der Waals surface area contributed by atoms with E-state index in [9.17, 15) is 0 Å². The molecule has 3 aliphatic rings. The number of nitrogens with one attached hydrogen (secondary N) is 1. The highest BCUT2D eigenvalue weighted by atomic mass is 16.5. The maximum absolute atomic E-state index is 6.58. The fourth-order valence-electron chi connectivity index (χ4n) is 4.79. The molecule has 0 aromatic heterocycles. The summed E-state index contributed by atoms with van der Waals surface area (Å²) in [4.78, 5) is 0. The van der Waals surface area contributed by atoms with Gasteiger partial charge in [0.1, 0.15) is 0 Å². The Morgan fingerprint density at radius 2 is 1.68 bits per heavy atom. The van der Waals surface area contributed by atoms with Gasteiger partial charge in [-0.15, -0.1) is 0 Å². The van der Waals surface area contributed by atoms with E-state index < -0.39 is 0 Å². The van der Waals surface area contributed by atoms with Crippen molar-refractivity contribution in [1.82, 2.24) is 5.32 Å². The largest absolute Gasteiger partial charge is 0.374 e. The molecule has 0 aromatic carbocycles. The molecule has 1 spiro atoms. The van der Waals surface area contributed by atoms with Gasteiger partial charge in [0, 0.05) is 11.5 Å². The lowest BCUT2D eigenvalue weighted by atomic mass is 9.60. The Balaban J connectivity index is 1.58. The van der Waals surface area contributed by atoms with E-state index in [2.05, 4.69) is 12.2 Å². The third kappa shape index (κ3) is 2.71. The van der Waals surface area contributed by atoms with Crippen LogP contribution in [-0.2, 0) is 4.74 Å². The molecule has 0 heterocycles. The van der Waals surface area contributed by atoms with Crippen LogP contribution in [0.15, 0.2) is 0 Å². The molecule has 0 radical (unpaired) electrons. The number of ether oxygens (including phenoxy) is 1. The zero-order valence-electron chi connectivity index (χ0n) is 12.6. The molecule has 3 rings (SSSR count). The zero-order valence-corrected chi connectivity index (χ0v) is 12.6. The highest BCUT2D eigenvalue weighted by Gasteiger charge is 2.56. The van der Waals surface area contributed by atoms with Crippen molar-refractivity contribution in [3.63, 3.8) is 0 Å². The highest BCUT2D eigenvalue weighted by molar-refractivity contribution is 5.10. The lowest BCUT2D eigenvalue weighted by Gasteiger charge is -2.55. The fraction of sp³-hybridized carbons (Fsp3) is 1.00. The van der Waals surface area contributed by atoms with E-state index in [0.29, 0.717) is 17.6 Å².